The highest BCUT2D eigenvalue weighted by molar-refractivity contribution is 7.07. The Morgan fingerprint density at radius 2 is 1.81 bits per heavy atom. The van der Waals surface area contributed by atoms with Crippen LogP contribution >= 0.6 is 11.3 Å². The van der Waals surface area contributed by atoms with Gasteiger partial charge in [0.1, 0.15) is 11.5 Å². The molecule has 194 valence electrons. The first-order valence-corrected chi connectivity index (χ1v) is 12.9. The molecule has 0 bridgehead atoms. The van der Waals surface area contributed by atoms with Gasteiger partial charge in [-0.15, -0.1) is 0 Å². The predicted octanol–water partition coefficient (Wildman–Crippen LogP) is 4.11. The van der Waals surface area contributed by atoms with Gasteiger partial charge >= 0.3 is 5.97 Å². The molecular formula is C29H32N2O5S. The summed E-state index contributed by atoms with van der Waals surface area (Å²) < 4.78 is 18.3. The molecule has 1 aromatic heterocycles. The lowest BCUT2D eigenvalue weighted by Crippen LogP contribution is -2.40. The van der Waals surface area contributed by atoms with Gasteiger partial charge in [-0.1, -0.05) is 56.4 Å². The summed E-state index contributed by atoms with van der Waals surface area (Å²) >= 11 is 1.27. The van der Waals surface area contributed by atoms with Gasteiger partial charge in [0.2, 0.25) is 0 Å². The third-order valence-electron chi connectivity index (χ3n) is 6.33. The fraction of sp³-hybridized carbons (Fsp3) is 0.345. The van der Waals surface area contributed by atoms with E-state index in [1.807, 2.05) is 30.3 Å². The predicted molar refractivity (Wildman–Crippen MR) is 145 cm³/mol. The lowest BCUT2D eigenvalue weighted by Gasteiger charge is -2.26. The number of allylic oxidation sites excluding steroid dienone is 1. The smallest absolute Gasteiger partial charge is 0.338 e. The molecule has 1 aliphatic heterocycles. The summed E-state index contributed by atoms with van der Waals surface area (Å²) in [5, 5.41) is 0. The van der Waals surface area contributed by atoms with Crippen LogP contribution < -0.4 is 24.4 Å². The minimum atomic E-state index is -0.654. The molecule has 1 aliphatic rings. The normalized spacial score (nSPS) is 15.8. The molecule has 0 spiro atoms. The first kappa shape index (κ1) is 26.4. The van der Waals surface area contributed by atoms with Gasteiger partial charge in [-0.25, -0.2) is 9.79 Å². The average Bonchev–Trinajstić information content (AvgIpc) is 3.17. The Balaban J connectivity index is 1.95. The van der Waals surface area contributed by atoms with Gasteiger partial charge < -0.3 is 14.2 Å². The fourth-order valence-corrected chi connectivity index (χ4v) is 5.40. The van der Waals surface area contributed by atoms with E-state index in [1.54, 1.807) is 50.8 Å². The number of ether oxygens (including phenoxy) is 3. The second kappa shape index (κ2) is 10.4. The standard InChI is InChI=1S/C29H32N2O5S/c1-8-36-27(33)24-17(2)30-28-31(25(24)18-9-11-20(12-10-18)29(3,4)5)26(32)23(37-28)16-19-15-21(34-6)13-14-22(19)35-7/h9-16,25H,8H2,1-7H3. The molecule has 2 aromatic carbocycles. The van der Waals surface area contributed by atoms with Crippen LogP contribution in [0.3, 0.4) is 0 Å². The van der Waals surface area contributed by atoms with Crippen LogP contribution in [-0.4, -0.2) is 31.4 Å². The summed E-state index contributed by atoms with van der Waals surface area (Å²) in [7, 11) is 3.17. The zero-order valence-electron chi connectivity index (χ0n) is 22.2. The molecule has 0 amide bonds. The number of methoxy groups -OCH3 is 2. The zero-order chi connectivity index (χ0) is 26.9. The summed E-state index contributed by atoms with van der Waals surface area (Å²) in [4.78, 5) is 32.1. The van der Waals surface area contributed by atoms with Gasteiger partial charge in [0, 0.05) is 5.56 Å². The lowest BCUT2D eigenvalue weighted by molar-refractivity contribution is -0.139. The van der Waals surface area contributed by atoms with Crippen LogP contribution in [0.1, 0.15) is 57.4 Å². The number of benzene rings is 2. The molecule has 0 saturated heterocycles. The minimum Gasteiger partial charge on any atom is -0.497 e. The van der Waals surface area contributed by atoms with Gasteiger partial charge in [0.25, 0.3) is 5.56 Å². The van der Waals surface area contributed by atoms with Crippen LogP contribution in [0.2, 0.25) is 0 Å². The number of esters is 1. The SMILES string of the molecule is CCOC(=O)C1=C(C)N=c2sc(=Cc3cc(OC)ccc3OC)c(=O)n2C1c1ccc(C(C)(C)C)cc1. The Labute approximate surface area is 220 Å². The number of rotatable bonds is 6. The highest BCUT2D eigenvalue weighted by Crippen LogP contribution is 2.32. The molecule has 4 rings (SSSR count). The maximum atomic E-state index is 13.9. The third kappa shape index (κ3) is 5.11. The van der Waals surface area contributed by atoms with E-state index in [0.29, 0.717) is 37.7 Å². The van der Waals surface area contributed by atoms with Crippen molar-refractivity contribution in [2.45, 2.75) is 46.1 Å². The number of hydrogen-bond acceptors (Lipinski definition) is 7. The minimum absolute atomic E-state index is 0.0293. The van der Waals surface area contributed by atoms with Crippen LogP contribution in [0, 0.1) is 0 Å². The van der Waals surface area contributed by atoms with Gasteiger partial charge in [-0.3, -0.25) is 9.36 Å². The van der Waals surface area contributed by atoms with Crippen molar-refractivity contribution in [3.63, 3.8) is 0 Å². The second-order valence-corrected chi connectivity index (χ2v) is 10.8. The number of nitrogens with zero attached hydrogens (tertiary/aromatic N) is 2. The monoisotopic (exact) mass is 520 g/mol. The van der Waals surface area contributed by atoms with E-state index < -0.39 is 12.0 Å². The van der Waals surface area contributed by atoms with Crippen molar-refractivity contribution in [2.24, 2.45) is 4.99 Å². The number of hydrogen-bond donors (Lipinski definition) is 0. The van der Waals surface area contributed by atoms with Gasteiger partial charge in [-0.05, 0) is 54.7 Å². The van der Waals surface area contributed by atoms with E-state index in [2.05, 4.69) is 25.8 Å². The van der Waals surface area contributed by atoms with Crippen molar-refractivity contribution in [1.29, 1.82) is 0 Å². The highest BCUT2D eigenvalue weighted by atomic mass is 32.1. The molecule has 0 saturated carbocycles. The number of carbonyl (C=O) groups excluding carboxylic acids is 1. The maximum Gasteiger partial charge on any atom is 0.338 e. The molecule has 3 aromatic rings. The Bertz CT molecular complexity index is 1540. The number of aromatic nitrogens is 1. The fourth-order valence-electron chi connectivity index (χ4n) is 4.37. The molecule has 1 unspecified atom stereocenters. The molecular weight excluding hydrogens is 488 g/mol. The van der Waals surface area contributed by atoms with E-state index in [9.17, 15) is 9.59 Å². The highest BCUT2D eigenvalue weighted by Gasteiger charge is 2.33. The number of carbonyl (C=O) groups is 1. The molecule has 0 radical (unpaired) electrons. The Morgan fingerprint density at radius 1 is 1.11 bits per heavy atom. The van der Waals surface area contributed by atoms with Crippen molar-refractivity contribution in [1.82, 2.24) is 4.57 Å². The van der Waals surface area contributed by atoms with Crippen LogP contribution in [0.4, 0.5) is 0 Å². The maximum absolute atomic E-state index is 13.9. The van der Waals surface area contributed by atoms with E-state index in [-0.39, 0.29) is 17.6 Å². The molecule has 0 N–H and O–H groups in total. The van der Waals surface area contributed by atoms with Crippen LogP contribution in [-0.2, 0) is 14.9 Å². The third-order valence-corrected chi connectivity index (χ3v) is 7.32. The summed E-state index contributed by atoms with van der Waals surface area (Å²) in [6, 6.07) is 12.8. The molecule has 0 aliphatic carbocycles. The van der Waals surface area contributed by atoms with Gasteiger partial charge in [0.05, 0.1) is 42.7 Å². The first-order chi connectivity index (χ1) is 17.6. The van der Waals surface area contributed by atoms with Crippen molar-refractivity contribution < 1.29 is 19.0 Å². The molecule has 7 nitrogen and oxygen atoms in total. The first-order valence-electron chi connectivity index (χ1n) is 12.1. The van der Waals surface area contributed by atoms with Crippen molar-refractivity contribution in [2.75, 3.05) is 20.8 Å². The van der Waals surface area contributed by atoms with Crippen molar-refractivity contribution in [3.8, 4) is 11.5 Å². The van der Waals surface area contributed by atoms with Crippen LogP contribution in [0.5, 0.6) is 11.5 Å². The van der Waals surface area contributed by atoms with E-state index in [0.717, 1.165) is 11.1 Å². The molecule has 2 heterocycles. The Kier molecular flexibility index (Phi) is 7.41. The summed E-state index contributed by atoms with van der Waals surface area (Å²) in [6.07, 6.45) is 1.77. The zero-order valence-corrected chi connectivity index (χ0v) is 23.1. The lowest BCUT2D eigenvalue weighted by atomic mass is 9.85. The second-order valence-electron chi connectivity index (χ2n) is 9.78. The summed E-state index contributed by atoms with van der Waals surface area (Å²) in [5.74, 6) is 0.791. The van der Waals surface area contributed by atoms with Gasteiger partial charge in [0.15, 0.2) is 4.80 Å². The van der Waals surface area contributed by atoms with E-state index >= 15 is 0 Å². The van der Waals surface area contributed by atoms with Crippen molar-refractivity contribution in [3.05, 3.63) is 90.1 Å². The topological polar surface area (TPSA) is 79.1 Å². The Morgan fingerprint density at radius 3 is 2.41 bits per heavy atom. The van der Waals surface area contributed by atoms with Crippen LogP contribution in [0.25, 0.3) is 6.08 Å². The Hall–Kier alpha value is -3.65. The van der Waals surface area contributed by atoms with E-state index in [4.69, 9.17) is 14.2 Å². The average molecular weight is 521 g/mol. The summed E-state index contributed by atoms with van der Waals surface area (Å²) in [6.45, 7) is 10.2. The number of thiazole rings is 1. The molecule has 37 heavy (non-hydrogen) atoms. The molecule has 8 heteroatoms. The van der Waals surface area contributed by atoms with Crippen molar-refractivity contribution >= 4 is 23.4 Å². The summed E-state index contributed by atoms with van der Waals surface area (Å²) in [5.41, 5.74) is 3.31. The quantitative estimate of drug-likeness (QED) is 0.457. The molecule has 1 atom stereocenters. The number of fused-ring (bicyclic) bond motifs is 1. The van der Waals surface area contributed by atoms with E-state index in [1.165, 1.54) is 11.3 Å². The largest absolute Gasteiger partial charge is 0.497 e. The molecule has 0 fully saturated rings. The van der Waals surface area contributed by atoms with Crippen LogP contribution in [0.15, 0.2) is 63.5 Å². The van der Waals surface area contributed by atoms with Gasteiger partial charge in [-0.2, -0.15) is 0 Å².